The predicted molar refractivity (Wildman–Crippen MR) is 72.7 cm³/mol. The second kappa shape index (κ2) is 6.18. The second-order valence-corrected chi connectivity index (χ2v) is 4.68. The fourth-order valence-electron chi connectivity index (χ4n) is 1.66. The van der Waals surface area contributed by atoms with Gasteiger partial charge in [0.1, 0.15) is 5.75 Å². The summed E-state index contributed by atoms with van der Waals surface area (Å²) in [5.74, 6) is -0.163. The largest absolute Gasteiger partial charge is 0.485 e. The molecule has 0 N–H and O–H groups in total. The Morgan fingerprint density at radius 2 is 1.81 bits per heavy atom. The summed E-state index contributed by atoms with van der Waals surface area (Å²) in [6, 6.07) is 10.6. The van der Waals surface area contributed by atoms with Crippen LogP contribution in [-0.2, 0) is 6.18 Å². The van der Waals surface area contributed by atoms with Crippen LogP contribution in [0.4, 0.5) is 13.2 Å². The minimum Gasteiger partial charge on any atom is -0.485 e. The molecule has 0 aliphatic rings. The average molecular weight is 315 g/mol. The predicted octanol–water partition coefficient (Wildman–Crippen LogP) is 4.62. The minimum absolute atomic E-state index is 0.0492. The molecule has 0 aliphatic heterocycles. The van der Waals surface area contributed by atoms with E-state index in [1.807, 2.05) is 0 Å². The number of carbonyl (C=O) groups is 1. The van der Waals surface area contributed by atoms with Crippen molar-refractivity contribution in [3.8, 4) is 5.75 Å². The zero-order valence-corrected chi connectivity index (χ0v) is 11.4. The zero-order valence-electron chi connectivity index (χ0n) is 10.7. The van der Waals surface area contributed by atoms with Crippen LogP contribution >= 0.6 is 11.6 Å². The van der Waals surface area contributed by atoms with Gasteiger partial charge in [0.05, 0.1) is 5.56 Å². The Morgan fingerprint density at radius 3 is 2.48 bits per heavy atom. The third-order valence-electron chi connectivity index (χ3n) is 2.68. The van der Waals surface area contributed by atoms with Gasteiger partial charge in [0.25, 0.3) is 0 Å². The average Bonchev–Trinajstić information content (AvgIpc) is 2.44. The number of rotatable bonds is 4. The highest BCUT2D eigenvalue weighted by Crippen LogP contribution is 2.29. The summed E-state index contributed by atoms with van der Waals surface area (Å²) >= 11 is 5.76. The van der Waals surface area contributed by atoms with Gasteiger partial charge in [0, 0.05) is 10.6 Å². The quantitative estimate of drug-likeness (QED) is 0.770. The fraction of sp³-hybridized carbons (Fsp3) is 0.133. The summed E-state index contributed by atoms with van der Waals surface area (Å²) in [5, 5.41) is 0.444. The van der Waals surface area contributed by atoms with Crippen LogP contribution in [0, 0.1) is 0 Å². The van der Waals surface area contributed by atoms with Crippen molar-refractivity contribution in [2.45, 2.75) is 6.18 Å². The summed E-state index contributed by atoms with van der Waals surface area (Å²) in [6.45, 7) is -0.359. The molecule has 0 radical (unpaired) electrons. The molecule has 0 heterocycles. The summed E-state index contributed by atoms with van der Waals surface area (Å²) in [6.07, 6.45) is -4.48. The molecular formula is C15H10ClF3O2. The number of carbonyl (C=O) groups excluding carboxylic acids is 1. The lowest BCUT2D eigenvalue weighted by Crippen LogP contribution is -2.13. The molecule has 2 rings (SSSR count). The molecule has 0 aromatic heterocycles. The second-order valence-electron chi connectivity index (χ2n) is 4.25. The first-order valence-electron chi connectivity index (χ1n) is 5.95. The van der Waals surface area contributed by atoms with E-state index in [4.69, 9.17) is 16.3 Å². The number of ether oxygens (including phenoxy) is 1. The first-order valence-corrected chi connectivity index (χ1v) is 6.33. The van der Waals surface area contributed by atoms with Crippen molar-refractivity contribution in [3.63, 3.8) is 0 Å². The van der Waals surface area contributed by atoms with E-state index in [0.29, 0.717) is 10.8 Å². The van der Waals surface area contributed by atoms with Gasteiger partial charge in [-0.15, -0.1) is 0 Å². The Labute approximate surface area is 124 Å². The Morgan fingerprint density at radius 1 is 1.10 bits per heavy atom. The zero-order chi connectivity index (χ0) is 15.5. The molecule has 6 heteroatoms. The lowest BCUT2D eigenvalue weighted by atomic mass is 10.1. The molecule has 2 nitrogen and oxygen atoms in total. The SMILES string of the molecule is O=C(COc1cccc(Cl)c1)c1cccc(C(F)(F)F)c1. The molecule has 0 bridgehead atoms. The summed E-state index contributed by atoms with van der Waals surface area (Å²) in [5.41, 5.74) is -0.914. The molecule has 110 valence electrons. The smallest absolute Gasteiger partial charge is 0.416 e. The molecule has 0 fully saturated rings. The maximum absolute atomic E-state index is 12.6. The Hall–Kier alpha value is -2.01. The lowest BCUT2D eigenvalue weighted by Gasteiger charge is -2.09. The van der Waals surface area contributed by atoms with Crippen molar-refractivity contribution >= 4 is 17.4 Å². The summed E-state index contributed by atoms with van der Waals surface area (Å²) in [7, 11) is 0. The molecule has 0 saturated carbocycles. The molecule has 2 aromatic rings. The van der Waals surface area contributed by atoms with Gasteiger partial charge in [-0.1, -0.05) is 29.8 Å². The molecule has 0 unspecified atom stereocenters. The van der Waals surface area contributed by atoms with Crippen molar-refractivity contribution in [2.24, 2.45) is 0 Å². The first-order chi connectivity index (χ1) is 9.86. The van der Waals surface area contributed by atoms with Crippen LogP contribution in [0.1, 0.15) is 15.9 Å². The van der Waals surface area contributed by atoms with Crippen LogP contribution in [0.5, 0.6) is 5.75 Å². The van der Waals surface area contributed by atoms with Gasteiger partial charge < -0.3 is 4.74 Å². The van der Waals surface area contributed by atoms with E-state index in [0.717, 1.165) is 12.1 Å². The highest BCUT2D eigenvalue weighted by atomic mass is 35.5. The van der Waals surface area contributed by atoms with Crippen LogP contribution < -0.4 is 4.74 Å². The number of Topliss-reactive ketones (excluding diaryl/α,β-unsaturated/α-hetero) is 1. The van der Waals surface area contributed by atoms with Crippen molar-refractivity contribution in [1.29, 1.82) is 0 Å². The van der Waals surface area contributed by atoms with Crippen LogP contribution in [-0.4, -0.2) is 12.4 Å². The molecule has 0 atom stereocenters. The van der Waals surface area contributed by atoms with Crippen molar-refractivity contribution in [2.75, 3.05) is 6.61 Å². The van der Waals surface area contributed by atoms with Crippen molar-refractivity contribution in [3.05, 3.63) is 64.7 Å². The van der Waals surface area contributed by atoms with E-state index in [1.165, 1.54) is 18.2 Å². The number of halogens is 4. The lowest BCUT2D eigenvalue weighted by molar-refractivity contribution is -0.137. The number of ketones is 1. The summed E-state index contributed by atoms with van der Waals surface area (Å²) < 4.78 is 42.9. The molecule has 21 heavy (non-hydrogen) atoms. The number of alkyl halides is 3. The summed E-state index contributed by atoms with van der Waals surface area (Å²) in [4.78, 5) is 11.9. The number of hydrogen-bond donors (Lipinski definition) is 0. The van der Waals surface area contributed by atoms with Crippen LogP contribution in [0.25, 0.3) is 0 Å². The highest BCUT2D eigenvalue weighted by molar-refractivity contribution is 6.30. The fourth-order valence-corrected chi connectivity index (χ4v) is 1.84. The molecule has 0 saturated heterocycles. The Kier molecular flexibility index (Phi) is 4.53. The van der Waals surface area contributed by atoms with E-state index in [1.54, 1.807) is 18.2 Å². The van der Waals surface area contributed by atoms with E-state index >= 15 is 0 Å². The van der Waals surface area contributed by atoms with Crippen LogP contribution in [0.3, 0.4) is 0 Å². The Balaban J connectivity index is 2.07. The van der Waals surface area contributed by atoms with E-state index in [2.05, 4.69) is 0 Å². The molecular weight excluding hydrogens is 305 g/mol. The topological polar surface area (TPSA) is 26.3 Å². The third kappa shape index (κ3) is 4.23. The Bertz CT molecular complexity index is 653. The maximum Gasteiger partial charge on any atom is 0.416 e. The van der Waals surface area contributed by atoms with Gasteiger partial charge in [-0.25, -0.2) is 0 Å². The standard InChI is InChI=1S/C15H10ClF3O2/c16-12-5-2-6-13(8-12)21-9-14(20)10-3-1-4-11(7-10)15(17,18)19/h1-8H,9H2. The normalized spacial score (nSPS) is 11.2. The van der Waals surface area contributed by atoms with Gasteiger partial charge in [-0.2, -0.15) is 13.2 Å². The monoisotopic (exact) mass is 314 g/mol. The van der Waals surface area contributed by atoms with Gasteiger partial charge in [-0.3, -0.25) is 4.79 Å². The third-order valence-corrected chi connectivity index (χ3v) is 2.91. The molecule has 0 spiro atoms. The van der Waals surface area contributed by atoms with Gasteiger partial charge in [-0.05, 0) is 30.3 Å². The number of benzene rings is 2. The van der Waals surface area contributed by atoms with Crippen molar-refractivity contribution in [1.82, 2.24) is 0 Å². The maximum atomic E-state index is 12.6. The van der Waals surface area contributed by atoms with E-state index < -0.39 is 17.5 Å². The molecule has 0 aliphatic carbocycles. The van der Waals surface area contributed by atoms with Crippen LogP contribution in [0.2, 0.25) is 5.02 Å². The molecule has 0 amide bonds. The van der Waals surface area contributed by atoms with E-state index in [-0.39, 0.29) is 12.2 Å². The first kappa shape index (κ1) is 15.4. The van der Waals surface area contributed by atoms with Crippen molar-refractivity contribution < 1.29 is 22.7 Å². The minimum atomic E-state index is -4.48. The highest BCUT2D eigenvalue weighted by Gasteiger charge is 2.30. The molecule has 2 aromatic carbocycles. The number of hydrogen-bond acceptors (Lipinski definition) is 2. The van der Waals surface area contributed by atoms with Crippen LogP contribution in [0.15, 0.2) is 48.5 Å². The van der Waals surface area contributed by atoms with E-state index in [9.17, 15) is 18.0 Å². The van der Waals surface area contributed by atoms with Gasteiger partial charge in [0.15, 0.2) is 12.4 Å². The van der Waals surface area contributed by atoms with Gasteiger partial charge >= 0.3 is 6.18 Å². The van der Waals surface area contributed by atoms with Gasteiger partial charge in [0.2, 0.25) is 0 Å².